The highest BCUT2D eigenvalue weighted by Gasteiger charge is 2.41. The Balaban J connectivity index is 1.40. The van der Waals surface area contributed by atoms with E-state index in [4.69, 9.17) is 5.26 Å². The molecule has 0 aromatic heterocycles. The molecule has 1 aromatic carbocycles. The SMILES string of the molecule is CCCC(=O)N1C2CCC1CN(CCCNc1ccc(C#N)cc1)C2. The predicted octanol–water partition coefficient (Wildman–Crippen LogP) is 2.84. The fourth-order valence-corrected chi connectivity index (χ4v) is 4.12. The number of carbonyl (C=O) groups is 1. The second kappa shape index (κ2) is 8.35. The number of nitriles is 1. The Labute approximate surface area is 150 Å². The molecule has 5 heteroatoms. The second-order valence-corrected chi connectivity index (χ2v) is 7.17. The van der Waals surface area contributed by atoms with Crippen molar-refractivity contribution >= 4 is 11.6 Å². The Kier molecular flexibility index (Phi) is 5.93. The number of nitrogens with one attached hydrogen (secondary N) is 1. The van der Waals surface area contributed by atoms with Crippen molar-refractivity contribution in [3.8, 4) is 6.07 Å². The molecule has 2 aliphatic heterocycles. The van der Waals surface area contributed by atoms with Crippen LogP contribution in [0.1, 0.15) is 44.6 Å². The van der Waals surface area contributed by atoms with E-state index in [0.717, 1.165) is 44.7 Å². The summed E-state index contributed by atoms with van der Waals surface area (Å²) in [5.74, 6) is 0.358. The van der Waals surface area contributed by atoms with E-state index in [9.17, 15) is 4.79 Å². The lowest BCUT2D eigenvalue weighted by Gasteiger charge is -2.41. The summed E-state index contributed by atoms with van der Waals surface area (Å²) < 4.78 is 0. The molecule has 0 saturated carbocycles. The first-order valence-electron chi connectivity index (χ1n) is 9.48. The zero-order valence-corrected chi connectivity index (χ0v) is 15.1. The molecule has 0 spiro atoms. The minimum absolute atomic E-state index is 0.358. The summed E-state index contributed by atoms with van der Waals surface area (Å²) in [5, 5.41) is 12.2. The summed E-state index contributed by atoms with van der Waals surface area (Å²) in [6.45, 7) is 6.14. The Morgan fingerprint density at radius 1 is 1.24 bits per heavy atom. The van der Waals surface area contributed by atoms with Gasteiger partial charge in [0.15, 0.2) is 0 Å². The summed E-state index contributed by atoms with van der Waals surface area (Å²) in [7, 11) is 0. The maximum atomic E-state index is 12.3. The standard InChI is InChI=1S/C20H28N4O/c1-2-4-20(25)24-18-9-10-19(24)15-23(14-18)12-3-11-22-17-7-5-16(13-21)6-8-17/h5-8,18-19,22H,2-4,9-12,14-15H2,1H3. The first-order chi connectivity index (χ1) is 12.2. The molecule has 2 fully saturated rings. The van der Waals surface area contributed by atoms with Gasteiger partial charge < -0.3 is 10.2 Å². The number of amides is 1. The van der Waals surface area contributed by atoms with Gasteiger partial charge >= 0.3 is 0 Å². The van der Waals surface area contributed by atoms with Crippen molar-refractivity contribution < 1.29 is 4.79 Å². The van der Waals surface area contributed by atoms with Gasteiger partial charge in [-0.3, -0.25) is 9.69 Å². The van der Waals surface area contributed by atoms with Crippen molar-refractivity contribution in [1.29, 1.82) is 5.26 Å². The van der Waals surface area contributed by atoms with E-state index in [0.29, 0.717) is 30.0 Å². The molecule has 2 atom stereocenters. The van der Waals surface area contributed by atoms with E-state index < -0.39 is 0 Å². The highest BCUT2D eigenvalue weighted by molar-refractivity contribution is 5.77. The molecule has 5 nitrogen and oxygen atoms in total. The van der Waals surface area contributed by atoms with Crippen LogP contribution in [-0.4, -0.2) is 54.0 Å². The Morgan fingerprint density at radius 2 is 1.92 bits per heavy atom. The largest absolute Gasteiger partial charge is 0.385 e. The molecule has 2 unspecified atom stereocenters. The molecule has 1 aromatic rings. The van der Waals surface area contributed by atoms with E-state index in [1.165, 1.54) is 12.8 Å². The first-order valence-corrected chi connectivity index (χ1v) is 9.48. The molecule has 25 heavy (non-hydrogen) atoms. The molecule has 3 rings (SSSR count). The summed E-state index contributed by atoms with van der Waals surface area (Å²) >= 11 is 0. The normalized spacial score (nSPS) is 22.6. The average molecular weight is 340 g/mol. The van der Waals surface area contributed by atoms with Gasteiger partial charge in [-0.2, -0.15) is 5.26 Å². The number of benzene rings is 1. The Bertz CT molecular complexity index is 608. The molecule has 2 heterocycles. The average Bonchev–Trinajstić information content (AvgIpc) is 2.90. The Hall–Kier alpha value is -2.06. The van der Waals surface area contributed by atoms with Crippen LogP contribution >= 0.6 is 0 Å². The minimum atomic E-state index is 0.358. The van der Waals surface area contributed by atoms with Gasteiger partial charge in [-0.15, -0.1) is 0 Å². The van der Waals surface area contributed by atoms with Gasteiger partial charge in [0, 0.05) is 43.8 Å². The van der Waals surface area contributed by atoms with E-state index in [1.807, 2.05) is 24.3 Å². The fraction of sp³-hybridized carbons (Fsp3) is 0.600. The predicted molar refractivity (Wildman–Crippen MR) is 99.3 cm³/mol. The molecule has 0 radical (unpaired) electrons. The van der Waals surface area contributed by atoms with E-state index in [2.05, 4.69) is 28.1 Å². The zero-order valence-electron chi connectivity index (χ0n) is 15.1. The van der Waals surface area contributed by atoms with Crippen molar-refractivity contribution in [2.45, 2.75) is 51.1 Å². The van der Waals surface area contributed by atoms with E-state index in [1.54, 1.807) is 0 Å². The van der Waals surface area contributed by atoms with Crippen LogP contribution in [0.3, 0.4) is 0 Å². The zero-order chi connectivity index (χ0) is 17.6. The van der Waals surface area contributed by atoms with Crippen LogP contribution in [0.15, 0.2) is 24.3 Å². The molecule has 1 N–H and O–H groups in total. The smallest absolute Gasteiger partial charge is 0.223 e. The number of hydrogen-bond donors (Lipinski definition) is 1. The highest BCUT2D eigenvalue weighted by Crippen LogP contribution is 2.30. The van der Waals surface area contributed by atoms with Crippen LogP contribution in [0.2, 0.25) is 0 Å². The molecular weight excluding hydrogens is 312 g/mol. The molecule has 0 aliphatic carbocycles. The third-order valence-corrected chi connectivity index (χ3v) is 5.30. The minimum Gasteiger partial charge on any atom is -0.385 e. The number of rotatable bonds is 7. The lowest BCUT2D eigenvalue weighted by molar-refractivity contribution is -0.137. The maximum absolute atomic E-state index is 12.3. The van der Waals surface area contributed by atoms with Gasteiger partial charge in [0.2, 0.25) is 5.91 Å². The van der Waals surface area contributed by atoms with Crippen molar-refractivity contribution in [2.75, 3.05) is 31.5 Å². The van der Waals surface area contributed by atoms with Crippen molar-refractivity contribution in [3.63, 3.8) is 0 Å². The van der Waals surface area contributed by atoms with Gasteiger partial charge in [-0.1, -0.05) is 6.92 Å². The second-order valence-electron chi connectivity index (χ2n) is 7.17. The number of piperazine rings is 1. The molecular formula is C20H28N4O. The van der Waals surface area contributed by atoms with Gasteiger partial charge in [0.05, 0.1) is 11.6 Å². The van der Waals surface area contributed by atoms with Crippen LogP contribution in [0, 0.1) is 11.3 Å². The van der Waals surface area contributed by atoms with Crippen LogP contribution < -0.4 is 5.32 Å². The highest BCUT2D eigenvalue weighted by atomic mass is 16.2. The number of fused-ring (bicyclic) bond motifs is 2. The first kappa shape index (κ1) is 17.8. The number of hydrogen-bond acceptors (Lipinski definition) is 4. The fourth-order valence-electron chi connectivity index (χ4n) is 4.12. The Morgan fingerprint density at radius 3 is 2.52 bits per heavy atom. The number of nitrogens with zero attached hydrogens (tertiary/aromatic N) is 3. The topological polar surface area (TPSA) is 59.4 Å². The number of anilines is 1. The third-order valence-electron chi connectivity index (χ3n) is 5.30. The molecule has 1 amide bonds. The number of carbonyl (C=O) groups excluding carboxylic acids is 1. The van der Waals surface area contributed by atoms with Crippen LogP contribution in [0.25, 0.3) is 0 Å². The summed E-state index contributed by atoms with van der Waals surface area (Å²) in [6.07, 6.45) is 5.06. The summed E-state index contributed by atoms with van der Waals surface area (Å²) in [4.78, 5) is 17.0. The lowest BCUT2D eigenvalue weighted by atomic mass is 10.1. The summed E-state index contributed by atoms with van der Waals surface area (Å²) in [6, 6.07) is 10.6. The van der Waals surface area contributed by atoms with Crippen LogP contribution in [-0.2, 0) is 4.79 Å². The molecule has 2 saturated heterocycles. The van der Waals surface area contributed by atoms with Crippen molar-refractivity contribution in [1.82, 2.24) is 9.80 Å². The molecule has 134 valence electrons. The summed E-state index contributed by atoms with van der Waals surface area (Å²) in [5.41, 5.74) is 1.76. The number of likely N-dealkylation sites (tertiary alicyclic amines) is 1. The van der Waals surface area contributed by atoms with Gasteiger partial charge in [0.1, 0.15) is 0 Å². The van der Waals surface area contributed by atoms with Gasteiger partial charge in [0.25, 0.3) is 0 Å². The van der Waals surface area contributed by atoms with E-state index in [-0.39, 0.29) is 0 Å². The van der Waals surface area contributed by atoms with Crippen LogP contribution in [0.5, 0.6) is 0 Å². The maximum Gasteiger partial charge on any atom is 0.223 e. The molecule has 2 bridgehead atoms. The lowest BCUT2D eigenvalue weighted by Crippen LogP contribution is -2.55. The van der Waals surface area contributed by atoms with Crippen LogP contribution in [0.4, 0.5) is 5.69 Å². The third kappa shape index (κ3) is 4.32. The van der Waals surface area contributed by atoms with Gasteiger partial charge in [-0.25, -0.2) is 0 Å². The molecule has 2 aliphatic rings. The van der Waals surface area contributed by atoms with Gasteiger partial charge in [-0.05, 0) is 56.5 Å². The van der Waals surface area contributed by atoms with E-state index >= 15 is 0 Å². The monoisotopic (exact) mass is 340 g/mol. The quantitative estimate of drug-likeness (QED) is 0.776. The van der Waals surface area contributed by atoms with Crippen molar-refractivity contribution in [3.05, 3.63) is 29.8 Å². The van der Waals surface area contributed by atoms with Crippen molar-refractivity contribution in [2.24, 2.45) is 0 Å².